The number of carbonyl (C=O) groups is 1. The monoisotopic (exact) mass is 331 g/mol. The van der Waals surface area contributed by atoms with Crippen LogP contribution in [0.3, 0.4) is 0 Å². The summed E-state index contributed by atoms with van der Waals surface area (Å²) in [6, 6.07) is 8.74. The maximum atomic E-state index is 11.0. The first-order chi connectivity index (χ1) is 11.7. The third-order valence-electron chi connectivity index (χ3n) is 4.29. The molecule has 1 aromatic rings. The van der Waals surface area contributed by atoms with Crippen molar-refractivity contribution in [1.29, 1.82) is 0 Å². The number of nitrogens with two attached hydrogens (primary N) is 1. The lowest BCUT2D eigenvalue weighted by Crippen LogP contribution is -2.18. The molecule has 3 nitrogen and oxygen atoms in total. The topological polar surface area (TPSA) is 52.3 Å². The fourth-order valence-corrected chi connectivity index (χ4v) is 2.68. The summed E-state index contributed by atoms with van der Waals surface area (Å²) in [5.74, 6) is -0.357. The van der Waals surface area contributed by atoms with E-state index in [1.54, 1.807) is 6.08 Å². The third kappa shape index (κ3) is 9.51. The first kappa shape index (κ1) is 20.4. The zero-order valence-electron chi connectivity index (χ0n) is 15.3. The van der Waals surface area contributed by atoms with Gasteiger partial charge in [0, 0.05) is 12.1 Å². The van der Waals surface area contributed by atoms with Gasteiger partial charge in [0.05, 0.1) is 7.11 Å². The van der Waals surface area contributed by atoms with Gasteiger partial charge in [-0.1, -0.05) is 69.4 Å². The number of unbranched alkanes of at least 4 members (excludes halogenated alkanes) is 5. The Bertz CT molecular complexity index is 479. The van der Waals surface area contributed by atoms with E-state index >= 15 is 0 Å². The highest BCUT2D eigenvalue weighted by atomic mass is 16.5. The van der Waals surface area contributed by atoms with Gasteiger partial charge in [-0.2, -0.15) is 0 Å². The van der Waals surface area contributed by atoms with Crippen LogP contribution in [-0.2, 0) is 22.4 Å². The summed E-state index contributed by atoms with van der Waals surface area (Å²) in [6.45, 7) is 2.25. The van der Waals surface area contributed by atoms with Gasteiger partial charge in [-0.3, -0.25) is 0 Å². The van der Waals surface area contributed by atoms with Gasteiger partial charge in [-0.15, -0.1) is 0 Å². The summed E-state index contributed by atoms with van der Waals surface area (Å²) < 4.78 is 4.55. The quantitative estimate of drug-likeness (QED) is 0.346. The van der Waals surface area contributed by atoms with E-state index in [0.717, 1.165) is 12.8 Å². The zero-order valence-corrected chi connectivity index (χ0v) is 15.3. The fourth-order valence-electron chi connectivity index (χ4n) is 2.68. The molecule has 1 rings (SSSR count). The smallest absolute Gasteiger partial charge is 0.330 e. The molecule has 0 saturated carbocycles. The molecule has 0 amide bonds. The van der Waals surface area contributed by atoms with E-state index in [9.17, 15) is 4.79 Å². The van der Waals surface area contributed by atoms with Crippen LogP contribution in [0.5, 0.6) is 0 Å². The Hall–Kier alpha value is -1.61. The summed E-state index contributed by atoms with van der Waals surface area (Å²) in [4.78, 5) is 11.0. The summed E-state index contributed by atoms with van der Waals surface area (Å²) in [7, 11) is 1.37. The molecular formula is C21H33NO2. The number of methoxy groups -OCH3 is 1. The molecule has 0 aliphatic rings. The molecule has 0 bridgehead atoms. The molecular weight excluding hydrogens is 298 g/mol. The molecule has 0 saturated heterocycles. The van der Waals surface area contributed by atoms with Gasteiger partial charge in [0.15, 0.2) is 0 Å². The van der Waals surface area contributed by atoms with E-state index in [1.165, 1.54) is 69.3 Å². The molecule has 24 heavy (non-hydrogen) atoms. The average molecular weight is 332 g/mol. The predicted molar refractivity (Wildman–Crippen MR) is 101 cm³/mol. The van der Waals surface area contributed by atoms with E-state index in [2.05, 4.69) is 35.9 Å². The Labute approximate surface area is 147 Å². The lowest BCUT2D eigenvalue weighted by atomic mass is 10.0. The number of rotatable bonds is 12. The van der Waals surface area contributed by atoms with Gasteiger partial charge in [-0.05, 0) is 36.8 Å². The van der Waals surface area contributed by atoms with Crippen molar-refractivity contribution in [3.8, 4) is 0 Å². The Balaban J connectivity index is 2.24. The number of ether oxygens (including phenoxy) is 1. The minimum absolute atomic E-state index is 0.119. The lowest BCUT2D eigenvalue weighted by molar-refractivity contribution is -0.134. The van der Waals surface area contributed by atoms with E-state index in [4.69, 9.17) is 5.73 Å². The second-order valence-electron chi connectivity index (χ2n) is 6.42. The number of benzene rings is 1. The first-order valence-corrected chi connectivity index (χ1v) is 9.25. The minimum Gasteiger partial charge on any atom is -0.466 e. The Morgan fingerprint density at radius 1 is 1.04 bits per heavy atom. The van der Waals surface area contributed by atoms with Gasteiger partial charge >= 0.3 is 5.97 Å². The second kappa shape index (κ2) is 12.8. The van der Waals surface area contributed by atoms with Crippen LogP contribution in [-0.4, -0.2) is 19.1 Å². The van der Waals surface area contributed by atoms with Crippen molar-refractivity contribution in [2.45, 2.75) is 70.8 Å². The van der Waals surface area contributed by atoms with E-state index in [1.807, 2.05) is 0 Å². The molecule has 0 spiro atoms. The van der Waals surface area contributed by atoms with Crippen LogP contribution < -0.4 is 5.73 Å². The van der Waals surface area contributed by atoms with Crippen molar-refractivity contribution in [2.24, 2.45) is 5.73 Å². The molecule has 0 aliphatic heterocycles. The highest BCUT2D eigenvalue weighted by Crippen LogP contribution is 2.12. The van der Waals surface area contributed by atoms with Crippen LogP contribution in [0, 0.1) is 0 Å². The van der Waals surface area contributed by atoms with E-state index in [0.29, 0.717) is 0 Å². The molecule has 2 N–H and O–H groups in total. The normalized spacial score (nSPS) is 12.5. The van der Waals surface area contributed by atoms with Crippen molar-refractivity contribution < 1.29 is 9.53 Å². The molecule has 0 aliphatic carbocycles. The molecule has 0 radical (unpaired) electrons. The highest BCUT2D eigenvalue weighted by Gasteiger charge is 2.02. The van der Waals surface area contributed by atoms with Gasteiger partial charge < -0.3 is 10.5 Å². The lowest BCUT2D eigenvalue weighted by Gasteiger charge is -2.08. The molecule has 1 atom stereocenters. The average Bonchev–Trinajstić information content (AvgIpc) is 2.61. The van der Waals surface area contributed by atoms with Crippen molar-refractivity contribution in [2.75, 3.05) is 7.11 Å². The van der Waals surface area contributed by atoms with Gasteiger partial charge in [-0.25, -0.2) is 4.79 Å². The Morgan fingerprint density at radius 2 is 1.62 bits per heavy atom. The summed E-state index contributed by atoms with van der Waals surface area (Å²) >= 11 is 0. The fraction of sp³-hybridized carbons (Fsp3) is 0.571. The third-order valence-corrected chi connectivity index (χ3v) is 4.29. The number of aryl methyl sites for hydroxylation is 2. The van der Waals surface area contributed by atoms with Crippen LogP contribution in [0.1, 0.15) is 63.0 Å². The van der Waals surface area contributed by atoms with Crippen molar-refractivity contribution in [3.05, 3.63) is 47.5 Å². The Kier molecular flexibility index (Phi) is 10.9. The molecule has 0 heterocycles. The van der Waals surface area contributed by atoms with E-state index in [-0.39, 0.29) is 12.0 Å². The SMILES string of the molecule is CCCCCCCCc1ccc(CCC(N)/C=C/C(=O)OC)cc1. The molecule has 3 heteroatoms. The van der Waals surface area contributed by atoms with Crippen LogP contribution in [0.4, 0.5) is 0 Å². The predicted octanol–water partition coefficient (Wildman–Crippen LogP) is 4.58. The number of hydrogen-bond acceptors (Lipinski definition) is 3. The molecule has 0 fully saturated rings. The summed E-state index contributed by atoms with van der Waals surface area (Å²) in [6.07, 6.45) is 14.1. The largest absolute Gasteiger partial charge is 0.466 e. The first-order valence-electron chi connectivity index (χ1n) is 9.25. The molecule has 134 valence electrons. The van der Waals surface area contributed by atoms with Gasteiger partial charge in [0.25, 0.3) is 0 Å². The minimum atomic E-state index is -0.357. The van der Waals surface area contributed by atoms with Crippen molar-refractivity contribution >= 4 is 5.97 Å². The standard InChI is InChI=1S/C21H33NO2/c1-3-4-5-6-7-8-9-18-10-12-19(13-11-18)14-15-20(22)16-17-21(23)24-2/h10-13,16-17,20H,3-9,14-15,22H2,1-2H3/b17-16+. The molecule has 1 aromatic carbocycles. The zero-order chi connectivity index (χ0) is 17.6. The summed E-state index contributed by atoms with van der Waals surface area (Å²) in [5, 5.41) is 0. The Morgan fingerprint density at radius 3 is 2.25 bits per heavy atom. The van der Waals surface area contributed by atoms with Crippen molar-refractivity contribution in [1.82, 2.24) is 0 Å². The second-order valence-corrected chi connectivity index (χ2v) is 6.42. The molecule has 1 unspecified atom stereocenters. The van der Waals surface area contributed by atoms with E-state index < -0.39 is 0 Å². The van der Waals surface area contributed by atoms with Crippen molar-refractivity contribution in [3.63, 3.8) is 0 Å². The highest BCUT2D eigenvalue weighted by molar-refractivity contribution is 5.81. The van der Waals surface area contributed by atoms with Gasteiger partial charge in [0.1, 0.15) is 0 Å². The number of carbonyl (C=O) groups excluding carboxylic acids is 1. The van der Waals surface area contributed by atoms with Crippen LogP contribution in [0.15, 0.2) is 36.4 Å². The van der Waals surface area contributed by atoms with Crippen LogP contribution in [0.25, 0.3) is 0 Å². The van der Waals surface area contributed by atoms with Crippen LogP contribution >= 0.6 is 0 Å². The summed E-state index contributed by atoms with van der Waals surface area (Å²) in [5.41, 5.74) is 8.69. The maximum absolute atomic E-state index is 11.0. The van der Waals surface area contributed by atoms with Gasteiger partial charge in [0.2, 0.25) is 0 Å². The maximum Gasteiger partial charge on any atom is 0.330 e. The number of hydrogen-bond donors (Lipinski definition) is 1. The number of esters is 1. The molecule has 0 aromatic heterocycles. The van der Waals surface area contributed by atoms with Crippen LogP contribution in [0.2, 0.25) is 0 Å².